The number of sulfonamides is 1. The van der Waals surface area contributed by atoms with Crippen molar-refractivity contribution in [3.8, 4) is 0 Å². The Morgan fingerprint density at radius 2 is 1.80 bits per heavy atom. The fourth-order valence-electron chi connectivity index (χ4n) is 1.91. The highest BCUT2D eigenvalue weighted by Crippen LogP contribution is 2.14. The summed E-state index contributed by atoms with van der Waals surface area (Å²) in [7, 11) is -3.33. The minimum atomic E-state index is -3.33. The van der Waals surface area contributed by atoms with Gasteiger partial charge in [0.1, 0.15) is 0 Å². The van der Waals surface area contributed by atoms with Gasteiger partial charge in [-0.2, -0.15) is 5.10 Å². The molecule has 0 saturated heterocycles. The largest absolute Gasteiger partial charge is 0.331 e. The molecular formula is C16H17ClN4O2S2. The maximum atomic E-state index is 11.3. The molecule has 0 bridgehead atoms. The number of nitrogens with one attached hydrogen (secondary N) is 3. The zero-order chi connectivity index (χ0) is 18.4. The monoisotopic (exact) mass is 396 g/mol. The second-order valence-electron chi connectivity index (χ2n) is 5.23. The van der Waals surface area contributed by atoms with E-state index in [0.29, 0.717) is 21.5 Å². The van der Waals surface area contributed by atoms with Gasteiger partial charge >= 0.3 is 0 Å². The van der Waals surface area contributed by atoms with Crippen LogP contribution in [0.15, 0.2) is 53.6 Å². The zero-order valence-electron chi connectivity index (χ0n) is 13.6. The summed E-state index contributed by atoms with van der Waals surface area (Å²) in [4.78, 5) is 0. The molecule has 0 fully saturated rings. The number of hydrazone groups is 1. The van der Waals surface area contributed by atoms with Crippen molar-refractivity contribution < 1.29 is 8.42 Å². The summed E-state index contributed by atoms with van der Waals surface area (Å²) in [6.45, 7) is 1.79. The third-order valence-corrected chi connectivity index (χ3v) is 4.06. The van der Waals surface area contributed by atoms with Gasteiger partial charge in [-0.25, -0.2) is 8.42 Å². The van der Waals surface area contributed by atoms with E-state index in [1.165, 1.54) is 0 Å². The number of hydrogen-bond acceptors (Lipinski definition) is 4. The van der Waals surface area contributed by atoms with Crippen molar-refractivity contribution in [2.24, 2.45) is 5.10 Å². The lowest BCUT2D eigenvalue weighted by Gasteiger charge is -2.09. The average Bonchev–Trinajstić information content (AvgIpc) is 2.53. The minimum absolute atomic E-state index is 0.326. The summed E-state index contributed by atoms with van der Waals surface area (Å²) in [5.41, 5.74) is 5.41. The Morgan fingerprint density at radius 3 is 2.44 bits per heavy atom. The number of nitrogens with zero attached hydrogens (tertiary/aromatic N) is 1. The first-order valence-corrected chi connectivity index (χ1v) is 9.86. The average molecular weight is 397 g/mol. The first kappa shape index (κ1) is 19.2. The molecule has 6 nitrogen and oxygen atoms in total. The summed E-state index contributed by atoms with van der Waals surface area (Å²) < 4.78 is 25.0. The van der Waals surface area contributed by atoms with Crippen molar-refractivity contribution >= 4 is 56.0 Å². The van der Waals surface area contributed by atoms with Crippen LogP contribution >= 0.6 is 23.8 Å². The zero-order valence-corrected chi connectivity index (χ0v) is 16.0. The van der Waals surface area contributed by atoms with Crippen molar-refractivity contribution in [1.29, 1.82) is 0 Å². The predicted molar refractivity (Wildman–Crippen MR) is 108 cm³/mol. The standard InChI is InChI=1S/C16H17ClN4O2S2/c1-11(12-4-3-5-15(10-12)21-25(2,22)23)19-20-16(24)18-14-8-6-13(17)7-9-14/h3-10,21H,1-2H3,(H2,18,20,24). The Kier molecular flexibility index (Phi) is 6.35. The van der Waals surface area contributed by atoms with E-state index in [2.05, 4.69) is 20.6 Å². The molecule has 0 aliphatic heterocycles. The van der Waals surface area contributed by atoms with E-state index in [1.807, 2.05) is 6.07 Å². The summed E-state index contributed by atoms with van der Waals surface area (Å²) >= 11 is 11.0. The van der Waals surface area contributed by atoms with Gasteiger partial charge in [-0.05, 0) is 61.1 Å². The Hall–Kier alpha value is -2.16. The summed E-state index contributed by atoms with van der Waals surface area (Å²) in [5.74, 6) is 0. The van der Waals surface area contributed by atoms with Crippen LogP contribution in [0.5, 0.6) is 0 Å². The quantitative estimate of drug-likeness (QED) is 0.410. The van der Waals surface area contributed by atoms with Gasteiger partial charge < -0.3 is 5.32 Å². The van der Waals surface area contributed by atoms with E-state index in [-0.39, 0.29) is 0 Å². The molecule has 2 rings (SSSR count). The Labute approximate surface area is 157 Å². The van der Waals surface area contributed by atoms with Crippen LogP contribution in [0.3, 0.4) is 0 Å². The molecule has 0 heterocycles. The van der Waals surface area contributed by atoms with Gasteiger partial charge in [-0.15, -0.1) is 0 Å². The van der Waals surface area contributed by atoms with Crippen molar-refractivity contribution in [1.82, 2.24) is 5.43 Å². The molecule has 0 aliphatic rings. The molecule has 3 N–H and O–H groups in total. The molecule has 0 saturated carbocycles. The van der Waals surface area contributed by atoms with Crippen LogP contribution in [0.1, 0.15) is 12.5 Å². The number of anilines is 2. The van der Waals surface area contributed by atoms with Crippen LogP contribution < -0.4 is 15.5 Å². The number of benzene rings is 2. The smallest absolute Gasteiger partial charge is 0.229 e. The Bertz CT molecular complexity index is 897. The molecule has 132 valence electrons. The van der Waals surface area contributed by atoms with Crippen LogP contribution in [-0.4, -0.2) is 25.5 Å². The molecule has 0 aliphatic carbocycles. The summed E-state index contributed by atoms with van der Waals surface area (Å²) in [6.07, 6.45) is 1.10. The number of halogens is 1. The minimum Gasteiger partial charge on any atom is -0.331 e. The molecule has 0 amide bonds. The van der Waals surface area contributed by atoms with Crippen molar-refractivity contribution in [2.45, 2.75) is 6.92 Å². The fourth-order valence-corrected chi connectivity index (χ4v) is 2.76. The maximum Gasteiger partial charge on any atom is 0.229 e. The number of thiocarbonyl (C=S) groups is 1. The lowest BCUT2D eigenvalue weighted by atomic mass is 10.1. The lowest BCUT2D eigenvalue weighted by molar-refractivity contribution is 0.607. The Morgan fingerprint density at radius 1 is 1.12 bits per heavy atom. The number of hydrogen-bond donors (Lipinski definition) is 3. The van der Waals surface area contributed by atoms with Gasteiger partial charge in [-0.1, -0.05) is 23.7 Å². The van der Waals surface area contributed by atoms with Gasteiger partial charge in [-0.3, -0.25) is 10.1 Å². The van der Waals surface area contributed by atoms with Gasteiger partial charge in [0.05, 0.1) is 12.0 Å². The normalized spacial score (nSPS) is 11.7. The van der Waals surface area contributed by atoms with Crippen molar-refractivity contribution in [3.05, 3.63) is 59.1 Å². The second-order valence-corrected chi connectivity index (χ2v) is 7.82. The van der Waals surface area contributed by atoms with Crippen LogP contribution in [-0.2, 0) is 10.0 Å². The molecule has 0 aromatic heterocycles. The predicted octanol–water partition coefficient (Wildman–Crippen LogP) is 3.42. The highest BCUT2D eigenvalue weighted by Gasteiger charge is 2.04. The molecule has 9 heteroatoms. The van der Waals surface area contributed by atoms with Crippen LogP contribution in [0, 0.1) is 0 Å². The van der Waals surface area contributed by atoms with Gasteiger partial charge in [0, 0.05) is 16.4 Å². The molecule has 0 radical (unpaired) electrons. The van der Waals surface area contributed by atoms with Crippen molar-refractivity contribution in [2.75, 3.05) is 16.3 Å². The van der Waals surface area contributed by atoms with Gasteiger partial charge in [0.15, 0.2) is 5.11 Å². The molecule has 2 aromatic carbocycles. The van der Waals surface area contributed by atoms with Crippen molar-refractivity contribution in [3.63, 3.8) is 0 Å². The summed E-state index contributed by atoms with van der Waals surface area (Å²) in [6, 6.07) is 14.0. The second kappa shape index (κ2) is 8.28. The van der Waals surface area contributed by atoms with Crippen LogP contribution in [0.2, 0.25) is 5.02 Å². The molecule has 0 atom stereocenters. The highest BCUT2D eigenvalue weighted by molar-refractivity contribution is 7.92. The first-order chi connectivity index (χ1) is 11.7. The van der Waals surface area contributed by atoms with E-state index in [9.17, 15) is 8.42 Å². The van der Waals surface area contributed by atoms with Crippen LogP contribution in [0.25, 0.3) is 0 Å². The molecule has 2 aromatic rings. The Balaban J connectivity index is 2.02. The third-order valence-electron chi connectivity index (χ3n) is 3.01. The fraction of sp³-hybridized carbons (Fsp3) is 0.125. The SMILES string of the molecule is CC(=NNC(=S)Nc1ccc(Cl)cc1)c1cccc(NS(C)(=O)=O)c1. The van der Waals surface area contributed by atoms with E-state index in [4.69, 9.17) is 23.8 Å². The maximum absolute atomic E-state index is 11.3. The van der Waals surface area contributed by atoms with E-state index in [1.54, 1.807) is 49.4 Å². The molecule has 0 spiro atoms. The van der Waals surface area contributed by atoms with E-state index >= 15 is 0 Å². The van der Waals surface area contributed by atoms with Gasteiger partial charge in [0.2, 0.25) is 10.0 Å². The summed E-state index contributed by atoms with van der Waals surface area (Å²) in [5, 5.41) is 8.15. The van der Waals surface area contributed by atoms with E-state index < -0.39 is 10.0 Å². The highest BCUT2D eigenvalue weighted by atomic mass is 35.5. The molecular weight excluding hydrogens is 380 g/mol. The lowest BCUT2D eigenvalue weighted by Crippen LogP contribution is -2.24. The van der Waals surface area contributed by atoms with Gasteiger partial charge in [0.25, 0.3) is 0 Å². The third kappa shape index (κ3) is 6.69. The topological polar surface area (TPSA) is 82.6 Å². The van der Waals surface area contributed by atoms with E-state index in [0.717, 1.165) is 17.5 Å². The van der Waals surface area contributed by atoms with Crippen LogP contribution in [0.4, 0.5) is 11.4 Å². The first-order valence-electron chi connectivity index (χ1n) is 7.18. The molecule has 0 unspecified atom stereocenters. The molecule has 25 heavy (non-hydrogen) atoms. The number of rotatable bonds is 5.